The van der Waals surface area contributed by atoms with Gasteiger partial charge < -0.3 is 54.8 Å². The van der Waals surface area contributed by atoms with Crippen LogP contribution in [0.15, 0.2) is 9.98 Å². The molecule has 0 aromatic carbocycles. The Bertz CT molecular complexity index is 809. The summed E-state index contributed by atoms with van der Waals surface area (Å²) in [5.74, 6) is -5.69. The van der Waals surface area contributed by atoms with Crippen LogP contribution in [-0.4, -0.2) is 89.6 Å². The van der Waals surface area contributed by atoms with Crippen molar-refractivity contribution in [3.8, 4) is 0 Å². The fourth-order valence-electron chi connectivity index (χ4n) is 2.72. The van der Waals surface area contributed by atoms with E-state index < -0.39 is 60.8 Å². The first-order valence-electron chi connectivity index (χ1n) is 10.5. The van der Waals surface area contributed by atoms with E-state index in [9.17, 15) is 29.1 Å². The Labute approximate surface area is 200 Å². The molecule has 17 heteroatoms. The smallest absolute Gasteiger partial charge is 0.326 e. The quantitative estimate of drug-likeness (QED) is 0.0508. The van der Waals surface area contributed by atoms with E-state index in [1.165, 1.54) is 0 Å². The zero-order valence-electron chi connectivity index (χ0n) is 19.1. The number of hydrogen-bond donors (Lipinski definition) is 10. The Morgan fingerprint density at radius 3 is 1.51 bits per heavy atom. The van der Waals surface area contributed by atoms with Gasteiger partial charge in [-0.15, -0.1) is 0 Å². The van der Waals surface area contributed by atoms with E-state index in [0.29, 0.717) is 6.42 Å². The van der Waals surface area contributed by atoms with Crippen molar-refractivity contribution in [1.29, 1.82) is 0 Å². The second kappa shape index (κ2) is 16.5. The highest BCUT2D eigenvalue weighted by Gasteiger charge is 2.30. The van der Waals surface area contributed by atoms with Crippen molar-refractivity contribution >= 4 is 41.6 Å². The zero-order valence-corrected chi connectivity index (χ0v) is 19.1. The minimum atomic E-state index is -1.73. The number of nitrogens with one attached hydrogen (secondary N) is 3. The number of amides is 3. The zero-order chi connectivity index (χ0) is 27.0. The Kier molecular flexibility index (Phi) is 14.5. The average Bonchev–Trinajstić information content (AvgIpc) is 2.76. The number of aliphatic imine (C=N–C) groups is 2. The molecule has 0 saturated heterocycles. The van der Waals surface area contributed by atoms with E-state index in [0.717, 1.165) is 0 Å². The molecule has 0 aliphatic carbocycles. The third-order valence-electron chi connectivity index (χ3n) is 4.35. The maximum atomic E-state index is 12.9. The first-order valence-corrected chi connectivity index (χ1v) is 10.5. The SMILES string of the molecule is NCC(=O)NC(CCCN=C(N)N)C(=O)NC(CCCN=C(N)N)C(=O)NC(CC(=O)O)C(=O)O. The minimum absolute atomic E-state index is 0.0285. The van der Waals surface area contributed by atoms with Crippen molar-refractivity contribution in [3.63, 3.8) is 0 Å². The van der Waals surface area contributed by atoms with Crippen LogP contribution in [0, 0.1) is 0 Å². The van der Waals surface area contributed by atoms with Gasteiger partial charge in [0.2, 0.25) is 17.7 Å². The van der Waals surface area contributed by atoms with E-state index in [1.54, 1.807) is 0 Å². The summed E-state index contributed by atoms with van der Waals surface area (Å²) < 4.78 is 0. The van der Waals surface area contributed by atoms with E-state index in [4.69, 9.17) is 33.8 Å². The van der Waals surface area contributed by atoms with Gasteiger partial charge in [-0.1, -0.05) is 0 Å². The molecule has 0 saturated carbocycles. The van der Waals surface area contributed by atoms with Crippen LogP contribution in [0.1, 0.15) is 32.1 Å². The Morgan fingerprint density at radius 1 is 0.714 bits per heavy atom. The van der Waals surface area contributed by atoms with Gasteiger partial charge in [0.05, 0.1) is 13.0 Å². The lowest BCUT2D eigenvalue weighted by Crippen LogP contribution is -2.56. The van der Waals surface area contributed by atoms with Gasteiger partial charge in [-0.2, -0.15) is 0 Å². The molecule has 17 nitrogen and oxygen atoms in total. The maximum absolute atomic E-state index is 12.9. The van der Waals surface area contributed by atoms with Crippen molar-refractivity contribution in [3.05, 3.63) is 0 Å². The Hall–Kier alpha value is -4.15. The topological polar surface area (TPSA) is 317 Å². The lowest BCUT2D eigenvalue weighted by atomic mass is 10.1. The first kappa shape index (κ1) is 30.8. The summed E-state index contributed by atoms with van der Waals surface area (Å²) >= 11 is 0. The molecule has 3 amide bonds. The van der Waals surface area contributed by atoms with E-state index in [1.807, 2.05) is 0 Å². The van der Waals surface area contributed by atoms with E-state index in [-0.39, 0.29) is 44.3 Å². The molecule has 35 heavy (non-hydrogen) atoms. The molecule has 0 bridgehead atoms. The van der Waals surface area contributed by atoms with Crippen LogP contribution in [0.2, 0.25) is 0 Å². The van der Waals surface area contributed by atoms with Gasteiger partial charge in [-0.25, -0.2) is 4.79 Å². The number of guanidine groups is 2. The molecular weight excluding hydrogens is 468 g/mol. The molecule has 0 rings (SSSR count). The van der Waals surface area contributed by atoms with Gasteiger partial charge in [0.1, 0.15) is 18.1 Å². The summed E-state index contributed by atoms with van der Waals surface area (Å²) in [7, 11) is 0. The van der Waals surface area contributed by atoms with Crippen LogP contribution in [0.4, 0.5) is 0 Å². The van der Waals surface area contributed by atoms with E-state index >= 15 is 0 Å². The molecule has 198 valence electrons. The van der Waals surface area contributed by atoms with E-state index in [2.05, 4.69) is 25.9 Å². The standard InChI is InChI=1S/C18H34N10O7/c19-8-12(29)26-9(3-1-5-24-17(20)21)14(32)27-10(4-2-6-25-18(22)23)15(33)28-11(16(34)35)7-13(30)31/h9-11H,1-8,19H2,(H,26,29)(H,27,32)(H,28,33)(H,30,31)(H,34,35)(H4,20,21,24)(H4,22,23,25). The fraction of sp³-hybridized carbons (Fsp3) is 0.611. The highest BCUT2D eigenvalue weighted by molar-refractivity contribution is 5.94. The van der Waals surface area contributed by atoms with Crippen molar-refractivity contribution in [1.82, 2.24) is 16.0 Å². The van der Waals surface area contributed by atoms with Crippen molar-refractivity contribution in [2.45, 2.75) is 50.2 Å². The molecular formula is C18H34N10O7. The van der Waals surface area contributed by atoms with Crippen LogP contribution < -0.4 is 44.6 Å². The predicted molar refractivity (Wildman–Crippen MR) is 125 cm³/mol. The number of carbonyl (C=O) groups excluding carboxylic acids is 3. The molecule has 0 radical (unpaired) electrons. The Balaban J connectivity index is 5.54. The molecule has 0 aliphatic rings. The second-order valence-electron chi connectivity index (χ2n) is 7.28. The Morgan fingerprint density at radius 2 is 1.14 bits per heavy atom. The van der Waals surface area contributed by atoms with Gasteiger partial charge in [0, 0.05) is 13.1 Å². The second-order valence-corrected chi connectivity index (χ2v) is 7.28. The van der Waals surface area contributed by atoms with Gasteiger partial charge in [0.15, 0.2) is 11.9 Å². The highest BCUT2D eigenvalue weighted by atomic mass is 16.4. The maximum Gasteiger partial charge on any atom is 0.326 e. The molecule has 3 atom stereocenters. The van der Waals surface area contributed by atoms with Crippen LogP contribution in [0.5, 0.6) is 0 Å². The average molecular weight is 503 g/mol. The fourth-order valence-corrected chi connectivity index (χ4v) is 2.72. The van der Waals surface area contributed by atoms with Crippen molar-refractivity contribution in [2.75, 3.05) is 19.6 Å². The predicted octanol–water partition coefficient (Wildman–Crippen LogP) is -4.93. The van der Waals surface area contributed by atoms with Crippen LogP contribution >= 0.6 is 0 Å². The van der Waals surface area contributed by atoms with Crippen LogP contribution in [-0.2, 0) is 24.0 Å². The monoisotopic (exact) mass is 502 g/mol. The summed E-state index contributed by atoms with van der Waals surface area (Å²) in [4.78, 5) is 67.1. The lowest BCUT2D eigenvalue weighted by Gasteiger charge is -2.24. The summed E-state index contributed by atoms with van der Waals surface area (Å²) in [6, 6.07) is -4.13. The highest BCUT2D eigenvalue weighted by Crippen LogP contribution is 2.05. The van der Waals surface area contributed by atoms with Gasteiger partial charge >= 0.3 is 11.9 Å². The number of carbonyl (C=O) groups is 5. The lowest BCUT2D eigenvalue weighted by molar-refractivity contribution is -0.147. The molecule has 0 spiro atoms. The van der Waals surface area contributed by atoms with Gasteiger partial charge in [0.25, 0.3) is 0 Å². The summed E-state index contributed by atoms with van der Waals surface area (Å²) in [6.07, 6.45) is -0.318. The third kappa shape index (κ3) is 14.6. The molecule has 0 fully saturated rings. The summed E-state index contributed by atoms with van der Waals surface area (Å²) in [6.45, 7) is -0.122. The van der Waals surface area contributed by atoms with Gasteiger partial charge in [-0.05, 0) is 25.7 Å². The van der Waals surface area contributed by atoms with Crippen LogP contribution in [0.25, 0.3) is 0 Å². The van der Waals surface area contributed by atoms with Gasteiger partial charge in [-0.3, -0.25) is 29.2 Å². The number of nitrogens with zero attached hydrogens (tertiary/aromatic N) is 2. The number of carboxylic acids is 2. The largest absolute Gasteiger partial charge is 0.481 e. The summed E-state index contributed by atoms with van der Waals surface area (Å²) in [5.41, 5.74) is 26.3. The molecule has 0 aromatic heterocycles. The number of aliphatic carboxylic acids is 2. The minimum Gasteiger partial charge on any atom is -0.481 e. The normalized spacial score (nSPS) is 12.8. The number of rotatable bonds is 17. The number of hydrogen-bond acceptors (Lipinski definition) is 8. The molecule has 0 heterocycles. The van der Waals surface area contributed by atoms with Crippen molar-refractivity contribution < 1.29 is 34.2 Å². The first-order chi connectivity index (χ1) is 16.4. The van der Waals surface area contributed by atoms with Crippen LogP contribution in [0.3, 0.4) is 0 Å². The molecule has 0 aliphatic heterocycles. The van der Waals surface area contributed by atoms with Crippen molar-refractivity contribution in [2.24, 2.45) is 38.7 Å². The molecule has 15 N–H and O–H groups in total. The number of carboxylic acid groups (broad SMARTS) is 2. The molecule has 3 unspecified atom stereocenters. The third-order valence-corrected chi connectivity index (χ3v) is 4.35. The number of nitrogens with two attached hydrogens (primary N) is 5. The molecule has 0 aromatic rings. The summed E-state index contributed by atoms with van der Waals surface area (Å²) in [5, 5.41) is 25.0.